The minimum absolute atomic E-state index is 0.170. The van der Waals surface area contributed by atoms with E-state index in [4.69, 9.17) is 9.47 Å². The number of hydrogen-bond donors (Lipinski definition) is 0. The zero-order chi connectivity index (χ0) is 14.5. The normalized spacial score (nSPS) is 11.9. The number of carbonyl (C=O) groups excluding carboxylic acids is 1. The predicted octanol–water partition coefficient (Wildman–Crippen LogP) is 4.09. The lowest BCUT2D eigenvalue weighted by molar-refractivity contribution is -0.140. The third kappa shape index (κ3) is 3.39. The van der Waals surface area contributed by atoms with Gasteiger partial charge in [0.25, 0.3) is 0 Å². The molecule has 0 radical (unpaired) electrons. The molecule has 0 amide bonds. The molecule has 0 N–H and O–H groups in total. The second-order valence-corrected chi connectivity index (χ2v) is 5.59. The van der Waals surface area contributed by atoms with E-state index >= 15 is 0 Å². The van der Waals surface area contributed by atoms with Crippen molar-refractivity contribution in [1.82, 2.24) is 0 Å². The molecule has 20 heavy (non-hydrogen) atoms. The van der Waals surface area contributed by atoms with Gasteiger partial charge in [0.1, 0.15) is 5.75 Å². The quantitative estimate of drug-likeness (QED) is 0.778. The second kappa shape index (κ2) is 6.57. The van der Waals surface area contributed by atoms with Crippen LogP contribution in [0.25, 0.3) is 11.1 Å². The summed E-state index contributed by atoms with van der Waals surface area (Å²) >= 11 is 1.68. The molecule has 2 rings (SSSR count). The molecule has 1 atom stereocenters. The van der Waals surface area contributed by atoms with Crippen LogP contribution in [-0.4, -0.2) is 20.2 Å². The van der Waals surface area contributed by atoms with Crippen molar-refractivity contribution in [2.24, 2.45) is 0 Å². The van der Waals surface area contributed by atoms with E-state index in [1.807, 2.05) is 31.2 Å². The van der Waals surface area contributed by atoms with E-state index in [9.17, 15) is 4.79 Å². The second-order valence-electron chi connectivity index (χ2n) is 4.65. The third-order valence-corrected chi connectivity index (χ3v) is 4.39. The van der Waals surface area contributed by atoms with Crippen molar-refractivity contribution in [3.63, 3.8) is 0 Å². The highest BCUT2D eigenvalue weighted by Gasteiger charge is 2.14. The number of hydrogen-bond acceptors (Lipinski definition) is 4. The van der Waals surface area contributed by atoms with Gasteiger partial charge in [-0.25, -0.2) is 0 Å². The lowest BCUT2D eigenvalue weighted by Crippen LogP contribution is -2.04. The van der Waals surface area contributed by atoms with Gasteiger partial charge >= 0.3 is 5.97 Å². The Morgan fingerprint density at radius 1 is 1.20 bits per heavy atom. The summed E-state index contributed by atoms with van der Waals surface area (Å²) in [6.07, 6.45) is 0.416. The van der Waals surface area contributed by atoms with Gasteiger partial charge in [-0.1, -0.05) is 19.1 Å². The van der Waals surface area contributed by atoms with E-state index in [2.05, 4.69) is 11.4 Å². The summed E-state index contributed by atoms with van der Waals surface area (Å²) in [4.78, 5) is 12.5. The van der Waals surface area contributed by atoms with Crippen LogP contribution < -0.4 is 4.74 Å². The molecule has 0 saturated heterocycles. The highest BCUT2D eigenvalue weighted by atomic mass is 32.1. The predicted molar refractivity (Wildman–Crippen MR) is 81.4 cm³/mol. The van der Waals surface area contributed by atoms with Gasteiger partial charge in [0.15, 0.2) is 0 Å². The molecule has 1 aromatic carbocycles. The van der Waals surface area contributed by atoms with Gasteiger partial charge in [0.2, 0.25) is 0 Å². The van der Waals surface area contributed by atoms with Crippen LogP contribution in [0.5, 0.6) is 5.75 Å². The van der Waals surface area contributed by atoms with Crippen molar-refractivity contribution in [1.29, 1.82) is 0 Å². The number of methoxy groups -OCH3 is 2. The maximum Gasteiger partial charge on any atom is 0.306 e. The fraction of sp³-hybridized carbons (Fsp3) is 0.312. The number of rotatable bonds is 5. The minimum Gasteiger partial charge on any atom is -0.497 e. The zero-order valence-corrected chi connectivity index (χ0v) is 12.7. The van der Waals surface area contributed by atoms with E-state index in [0.717, 1.165) is 11.3 Å². The van der Waals surface area contributed by atoms with Gasteiger partial charge in [-0.05, 0) is 34.7 Å². The molecule has 3 nitrogen and oxygen atoms in total. The molecule has 1 aromatic heterocycles. The topological polar surface area (TPSA) is 35.5 Å². The third-order valence-electron chi connectivity index (χ3n) is 3.23. The molecule has 0 aliphatic heterocycles. The van der Waals surface area contributed by atoms with Gasteiger partial charge < -0.3 is 9.47 Å². The Morgan fingerprint density at radius 3 is 2.50 bits per heavy atom. The summed E-state index contributed by atoms with van der Waals surface area (Å²) in [5.74, 6) is 0.861. The molecular formula is C16H18O3S. The van der Waals surface area contributed by atoms with Crippen molar-refractivity contribution in [3.8, 4) is 16.9 Å². The Balaban J connectivity index is 2.13. The highest BCUT2D eigenvalue weighted by Crippen LogP contribution is 2.32. The van der Waals surface area contributed by atoms with Crippen LogP contribution in [0.1, 0.15) is 24.1 Å². The summed E-state index contributed by atoms with van der Waals surface area (Å²) in [6, 6.07) is 10.1. The fourth-order valence-electron chi connectivity index (χ4n) is 1.98. The largest absolute Gasteiger partial charge is 0.497 e. The number of esters is 1. The maximum atomic E-state index is 11.3. The first-order valence-corrected chi connectivity index (χ1v) is 7.31. The van der Waals surface area contributed by atoms with Crippen LogP contribution in [0.2, 0.25) is 0 Å². The van der Waals surface area contributed by atoms with E-state index in [1.165, 1.54) is 17.6 Å². The molecule has 0 aliphatic rings. The first-order valence-electron chi connectivity index (χ1n) is 6.43. The van der Waals surface area contributed by atoms with Crippen molar-refractivity contribution in [2.75, 3.05) is 14.2 Å². The smallest absolute Gasteiger partial charge is 0.306 e. The highest BCUT2D eigenvalue weighted by molar-refractivity contribution is 7.10. The van der Waals surface area contributed by atoms with Gasteiger partial charge in [-0.3, -0.25) is 4.79 Å². The lowest BCUT2D eigenvalue weighted by atomic mass is 10.0. The van der Waals surface area contributed by atoms with Crippen LogP contribution in [0.15, 0.2) is 35.7 Å². The van der Waals surface area contributed by atoms with Gasteiger partial charge in [0, 0.05) is 10.8 Å². The average molecular weight is 290 g/mol. The molecule has 106 valence electrons. The Morgan fingerprint density at radius 2 is 1.90 bits per heavy atom. The van der Waals surface area contributed by atoms with Crippen LogP contribution in [0.3, 0.4) is 0 Å². The average Bonchev–Trinajstić information content (AvgIpc) is 2.97. The van der Waals surface area contributed by atoms with Crippen molar-refractivity contribution < 1.29 is 14.3 Å². The first kappa shape index (κ1) is 14.6. The Bertz CT molecular complexity index is 572. The standard InChI is InChI=1S/C16H18O3S/c1-11(8-16(17)19-3)15-9-13(10-20-15)12-4-6-14(18-2)7-5-12/h4-7,9-11H,8H2,1-3H3. The van der Waals surface area contributed by atoms with Crippen LogP contribution in [0, 0.1) is 0 Å². The molecule has 0 spiro atoms. The Kier molecular flexibility index (Phi) is 4.79. The minimum atomic E-state index is -0.170. The van der Waals surface area contributed by atoms with E-state index in [0.29, 0.717) is 6.42 Å². The van der Waals surface area contributed by atoms with Gasteiger partial charge in [0.05, 0.1) is 20.6 Å². The van der Waals surface area contributed by atoms with Gasteiger partial charge in [-0.15, -0.1) is 11.3 Å². The number of carbonyl (C=O) groups is 1. The molecular weight excluding hydrogens is 272 g/mol. The molecule has 4 heteroatoms. The summed E-state index contributed by atoms with van der Waals surface area (Å²) in [5, 5.41) is 2.12. The lowest BCUT2D eigenvalue weighted by Gasteiger charge is -2.06. The molecule has 0 fully saturated rings. The number of benzene rings is 1. The zero-order valence-electron chi connectivity index (χ0n) is 11.9. The Hall–Kier alpha value is -1.81. The van der Waals surface area contributed by atoms with E-state index in [-0.39, 0.29) is 11.9 Å². The summed E-state index contributed by atoms with van der Waals surface area (Å²) in [5.41, 5.74) is 2.32. The molecule has 0 saturated carbocycles. The Labute approximate surface area is 123 Å². The molecule has 0 aliphatic carbocycles. The van der Waals surface area contributed by atoms with Crippen LogP contribution in [0.4, 0.5) is 0 Å². The fourth-order valence-corrected chi connectivity index (χ4v) is 2.96. The maximum absolute atomic E-state index is 11.3. The molecule has 2 aromatic rings. The number of ether oxygens (including phenoxy) is 2. The summed E-state index contributed by atoms with van der Waals surface area (Å²) in [7, 11) is 3.08. The molecule has 1 unspecified atom stereocenters. The number of thiophene rings is 1. The van der Waals surface area contributed by atoms with Gasteiger partial charge in [-0.2, -0.15) is 0 Å². The molecule has 1 heterocycles. The molecule has 0 bridgehead atoms. The first-order chi connectivity index (χ1) is 9.63. The van der Waals surface area contributed by atoms with Crippen molar-refractivity contribution >= 4 is 17.3 Å². The van der Waals surface area contributed by atoms with Crippen LogP contribution in [-0.2, 0) is 9.53 Å². The van der Waals surface area contributed by atoms with E-state index < -0.39 is 0 Å². The summed E-state index contributed by atoms with van der Waals surface area (Å²) in [6.45, 7) is 2.04. The van der Waals surface area contributed by atoms with Crippen LogP contribution >= 0.6 is 11.3 Å². The van der Waals surface area contributed by atoms with Crippen molar-refractivity contribution in [3.05, 3.63) is 40.6 Å². The van der Waals surface area contributed by atoms with Crippen molar-refractivity contribution in [2.45, 2.75) is 19.3 Å². The van der Waals surface area contributed by atoms with E-state index in [1.54, 1.807) is 18.4 Å². The SMILES string of the molecule is COC(=O)CC(C)c1cc(-c2ccc(OC)cc2)cs1. The monoisotopic (exact) mass is 290 g/mol. The summed E-state index contributed by atoms with van der Waals surface area (Å²) < 4.78 is 9.87.